The Morgan fingerprint density at radius 3 is 2.56 bits per heavy atom. The van der Waals surface area contributed by atoms with Crippen molar-refractivity contribution in [1.29, 1.82) is 0 Å². The Morgan fingerprint density at radius 1 is 1.33 bits per heavy atom. The van der Waals surface area contributed by atoms with Crippen LogP contribution in [0.1, 0.15) is 18.9 Å². The maximum absolute atomic E-state index is 11.4. The molecule has 2 N–H and O–H groups in total. The summed E-state index contributed by atoms with van der Waals surface area (Å²) in [6.07, 6.45) is 0.236. The van der Waals surface area contributed by atoms with Gasteiger partial charge in [-0.1, -0.05) is 30.3 Å². The van der Waals surface area contributed by atoms with Crippen molar-refractivity contribution in [3.63, 3.8) is 0 Å². The highest BCUT2D eigenvalue weighted by atomic mass is 16.6. The lowest BCUT2D eigenvalue weighted by Crippen LogP contribution is -2.29. The van der Waals surface area contributed by atoms with Crippen LogP contribution in [0.15, 0.2) is 30.3 Å². The molecule has 0 aromatic heterocycles. The van der Waals surface area contributed by atoms with Crippen molar-refractivity contribution < 1.29 is 19.5 Å². The minimum Gasteiger partial charge on any atom is -0.481 e. The Kier molecular flexibility index (Phi) is 5.87. The Labute approximate surface area is 106 Å². The van der Waals surface area contributed by atoms with Crippen LogP contribution in [0.4, 0.5) is 0 Å². The standard InChI is InChI=1S/C13H17NO4/c1-2-18-14-12(15)9-11(13(16)17)8-10-6-4-3-5-7-10/h3-7,11H,2,8-9H2,1H3,(H,14,15)(H,16,17)/t11-/m1/s1. The Balaban J connectivity index is 2.55. The Morgan fingerprint density at radius 2 is 2.00 bits per heavy atom. The van der Waals surface area contributed by atoms with Gasteiger partial charge in [-0.15, -0.1) is 0 Å². The van der Waals surface area contributed by atoms with Crippen LogP contribution in [-0.2, 0) is 20.8 Å². The first-order chi connectivity index (χ1) is 8.63. The fourth-order valence-electron chi connectivity index (χ4n) is 1.56. The average molecular weight is 251 g/mol. The molecule has 1 atom stereocenters. The van der Waals surface area contributed by atoms with Gasteiger partial charge in [0.1, 0.15) is 0 Å². The van der Waals surface area contributed by atoms with E-state index in [0.717, 1.165) is 5.56 Å². The highest BCUT2D eigenvalue weighted by molar-refractivity contribution is 5.81. The zero-order valence-electron chi connectivity index (χ0n) is 10.3. The van der Waals surface area contributed by atoms with Crippen molar-refractivity contribution >= 4 is 11.9 Å². The molecule has 1 aromatic carbocycles. The van der Waals surface area contributed by atoms with Gasteiger partial charge in [0.25, 0.3) is 0 Å². The molecule has 0 spiro atoms. The van der Waals surface area contributed by atoms with Gasteiger partial charge in [-0.2, -0.15) is 0 Å². The van der Waals surface area contributed by atoms with E-state index in [4.69, 9.17) is 9.94 Å². The smallest absolute Gasteiger partial charge is 0.307 e. The normalized spacial score (nSPS) is 11.8. The number of hydrogen-bond donors (Lipinski definition) is 2. The van der Waals surface area contributed by atoms with Gasteiger partial charge in [0.05, 0.1) is 12.5 Å². The molecule has 5 nitrogen and oxygen atoms in total. The fourth-order valence-corrected chi connectivity index (χ4v) is 1.56. The lowest BCUT2D eigenvalue weighted by molar-refractivity contribution is -0.146. The first kappa shape index (κ1) is 14.2. The monoisotopic (exact) mass is 251 g/mol. The van der Waals surface area contributed by atoms with Gasteiger partial charge in [0.2, 0.25) is 5.91 Å². The minimum atomic E-state index is -0.981. The van der Waals surface area contributed by atoms with Gasteiger partial charge in [0, 0.05) is 6.42 Å². The molecule has 0 bridgehead atoms. The molecule has 0 saturated heterocycles. The average Bonchev–Trinajstić information content (AvgIpc) is 2.36. The Hall–Kier alpha value is -1.88. The molecule has 0 saturated carbocycles. The summed E-state index contributed by atoms with van der Waals surface area (Å²) in [7, 11) is 0. The second kappa shape index (κ2) is 7.45. The van der Waals surface area contributed by atoms with Crippen molar-refractivity contribution in [3.05, 3.63) is 35.9 Å². The maximum Gasteiger partial charge on any atom is 0.307 e. The molecule has 18 heavy (non-hydrogen) atoms. The summed E-state index contributed by atoms with van der Waals surface area (Å²) in [6, 6.07) is 9.23. The molecule has 0 heterocycles. The summed E-state index contributed by atoms with van der Waals surface area (Å²) >= 11 is 0. The quantitative estimate of drug-likeness (QED) is 0.718. The number of carboxylic acids is 1. The number of carbonyl (C=O) groups is 2. The van der Waals surface area contributed by atoms with Crippen LogP contribution >= 0.6 is 0 Å². The third kappa shape index (κ3) is 4.97. The van der Waals surface area contributed by atoms with Crippen molar-refractivity contribution in [2.75, 3.05) is 6.61 Å². The van der Waals surface area contributed by atoms with E-state index in [-0.39, 0.29) is 6.42 Å². The van der Waals surface area contributed by atoms with E-state index in [1.165, 1.54) is 0 Å². The SMILES string of the molecule is CCONC(=O)C[C@@H](Cc1ccccc1)C(=O)O. The van der Waals surface area contributed by atoms with Crippen LogP contribution < -0.4 is 5.48 Å². The van der Waals surface area contributed by atoms with E-state index in [0.29, 0.717) is 13.0 Å². The van der Waals surface area contributed by atoms with E-state index < -0.39 is 17.8 Å². The van der Waals surface area contributed by atoms with Crippen molar-refractivity contribution in [2.45, 2.75) is 19.8 Å². The molecular formula is C13H17NO4. The lowest BCUT2D eigenvalue weighted by atomic mass is 9.96. The first-order valence-corrected chi connectivity index (χ1v) is 5.80. The number of carbonyl (C=O) groups excluding carboxylic acids is 1. The molecule has 0 radical (unpaired) electrons. The number of nitrogens with one attached hydrogen (secondary N) is 1. The summed E-state index contributed by atoms with van der Waals surface area (Å²) in [6.45, 7) is 2.08. The van der Waals surface area contributed by atoms with Gasteiger partial charge in [0.15, 0.2) is 0 Å². The number of carboxylic acid groups (broad SMARTS) is 1. The zero-order valence-corrected chi connectivity index (χ0v) is 10.3. The fraction of sp³-hybridized carbons (Fsp3) is 0.385. The van der Waals surface area contributed by atoms with Crippen molar-refractivity contribution in [1.82, 2.24) is 5.48 Å². The molecule has 1 amide bonds. The van der Waals surface area contributed by atoms with Gasteiger partial charge in [-0.3, -0.25) is 14.4 Å². The van der Waals surface area contributed by atoms with Gasteiger partial charge >= 0.3 is 5.97 Å². The van der Waals surface area contributed by atoms with Gasteiger partial charge in [-0.05, 0) is 18.9 Å². The first-order valence-electron chi connectivity index (χ1n) is 5.80. The lowest BCUT2D eigenvalue weighted by Gasteiger charge is -2.12. The highest BCUT2D eigenvalue weighted by Crippen LogP contribution is 2.12. The number of aliphatic carboxylic acids is 1. The van der Waals surface area contributed by atoms with E-state index in [1.54, 1.807) is 6.92 Å². The van der Waals surface area contributed by atoms with Crippen LogP contribution in [0.25, 0.3) is 0 Å². The third-order valence-electron chi connectivity index (χ3n) is 2.44. The largest absolute Gasteiger partial charge is 0.481 e. The summed E-state index contributed by atoms with van der Waals surface area (Å²) in [5.74, 6) is -2.14. The molecule has 0 aliphatic heterocycles. The van der Waals surface area contributed by atoms with E-state index in [9.17, 15) is 9.59 Å². The number of benzene rings is 1. The van der Waals surface area contributed by atoms with Crippen LogP contribution in [0.5, 0.6) is 0 Å². The third-order valence-corrected chi connectivity index (χ3v) is 2.44. The predicted octanol–water partition coefficient (Wildman–Crippen LogP) is 1.39. The van der Waals surface area contributed by atoms with Crippen LogP contribution in [0, 0.1) is 5.92 Å². The second-order valence-electron chi connectivity index (χ2n) is 3.89. The number of hydroxylamine groups is 1. The second-order valence-corrected chi connectivity index (χ2v) is 3.89. The van der Waals surface area contributed by atoms with Crippen molar-refractivity contribution in [2.24, 2.45) is 5.92 Å². The molecular weight excluding hydrogens is 234 g/mol. The number of amides is 1. The van der Waals surface area contributed by atoms with Gasteiger partial charge in [-0.25, -0.2) is 5.48 Å². The molecule has 0 aliphatic rings. The number of hydrogen-bond acceptors (Lipinski definition) is 3. The maximum atomic E-state index is 11.4. The van der Waals surface area contributed by atoms with E-state index >= 15 is 0 Å². The number of rotatable bonds is 7. The van der Waals surface area contributed by atoms with E-state index in [2.05, 4.69) is 5.48 Å². The van der Waals surface area contributed by atoms with Crippen LogP contribution in [-0.4, -0.2) is 23.6 Å². The molecule has 1 aromatic rings. The minimum absolute atomic E-state index is 0.0930. The topological polar surface area (TPSA) is 75.6 Å². The molecule has 1 rings (SSSR count). The predicted molar refractivity (Wildman–Crippen MR) is 65.7 cm³/mol. The Bertz CT molecular complexity index is 391. The summed E-state index contributed by atoms with van der Waals surface area (Å²) in [4.78, 5) is 27.2. The summed E-state index contributed by atoms with van der Waals surface area (Å²) < 4.78 is 0. The van der Waals surface area contributed by atoms with Crippen LogP contribution in [0.2, 0.25) is 0 Å². The van der Waals surface area contributed by atoms with E-state index in [1.807, 2.05) is 30.3 Å². The van der Waals surface area contributed by atoms with Gasteiger partial charge < -0.3 is 5.11 Å². The summed E-state index contributed by atoms with van der Waals surface area (Å²) in [5, 5.41) is 9.09. The highest BCUT2D eigenvalue weighted by Gasteiger charge is 2.21. The molecule has 0 aliphatic carbocycles. The van der Waals surface area contributed by atoms with Crippen molar-refractivity contribution in [3.8, 4) is 0 Å². The zero-order chi connectivity index (χ0) is 13.4. The molecule has 98 valence electrons. The molecule has 0 unspecified atom stereocenters. The van der Waals surface area contributed by atoms with Crippen LogP contribution in [0.3, 0.4) is 0 Å². The molecule has 5 heteroatoms. The molecule has 0 fully saturated rings. The summed E-state index contributed by atoms with van der Waals surface area (Å²) in [5.41, 5.74) is 3.10.